The molecule has 202 valence electrons. The van der Waals surface area contributed by atoms with Gasteiger partial charge in [-0.15, -0.1) is 10.2 Å². The van der Waals surface area contributed by atoms with Gasteiger partial charge in [0.15, 0.2) is 27.1 Å². The van der Waals surface area contributed by atoms with E-state index >= 15 is 0 Å². The van der Waals surface area contributed by atoms with Crippen LogP contribution in [-0.2, 0) is 9.84 Å². The van der Waals surface area contributed by atoms with Gasteiger partial charge in [0.25, 0.3) is 5.91 Å². The van der Waals surface area contributed by atoms with Gasteiger partial charge in [-0.2, -0.15) is 27.1 Å². The summed E-state index contributed by atoms with van der Waals surface area (Å²) in [5.74, 6) is -6.68. The van der Waals surface area contributed by atoms with Crippen molar-refractivity contribution in [3.05, 3.63) is 30.1 Å². The lowest BCUT2D eigenvalue weighted by Gasteiger charge is -2.19. The molecule has 37 heavy (non-hydrogen) atoms. The molecule has 0 radical (unpaired) electrons. The minimum Gasteiger partial charge on any atom is -0.470 e. The standard InChI is InChI=1S/C21H23F5N6O4S/c1-5-37(34,35)18-15(12-6-7-14(30-29-12)36-11-20(22,23)21(24,25)26)16-27-9-8-13(32(16)31-18)17(33)28-10-19(2,3)4/h6-9H,5,10-11H2,1-4H3,(H,28,33). The summed E-state index contributed by atoms with van der Waals surface area (Å²) in [6.45, 7) is 5.38. The molecule has 0 bridgehead atoms. The Morgan fingerprint density at radius 2 is 1.76 bits per heavy atom. The molecule has 3 aromatic heterocycles. The molecule has 0 aliphatic heterocycles. The van der Waals surface area contributed by atoms with Gasteiger partial charge in [0.05, 0.1) is 11.3 Å². The number of fused-ring (bicyclic) bond motifs is 1. The van der Waals surface area contributed by atoms with Gasteiger partial charge in [0.2, 0.25) is 5.88 Å². The number of nitrogens with one attached hydrogen (secondary N) is 1. The average Bonchev–Trinajstić information content (AvgIpc) is 3.21. The summed E-state index contributed by atoms with van der Waals surface area (Å²) in [4.78, 5) is 16.9. The lowest BCUT2D eigenvalue weighted by Crippen LogP contribution is -2.41. The molecule has 16 heteroatoms. The summed E-state index contributed by atoms with van der Waals surface area (Å²) in [7, 11) is -4.00. The fourth-order valence-corrected chi connectivity index (χ4v) is 3.88. The maximum absolute atomic E-state index is 13.1. The first-order valence-corrected chi connectivity index (χ1v) is 12.4. The van der Waals surface area contributed by atoms with Crippen molar-refractivity contribution in [1.29, 1.82) is 0 Å². The van der Waals surface area contributed by atoms with Crippen molar-refractivity contribution < 1.29 is 39.9 Å². The number of carbonyl (C=O) groups excluding carboxylic acids is 1. The van der Waals surface area contributed by atoms with E-state index in [1.807, 2.05) is 20.8 Å². The predicted octanol–water partition coefficient (Wildman–Crippen LogP) is 3.33. The van der Waals surface area contributed by atoms with E-state index in [0.29, 0.717) is 6.54 Å². The molecular formula is C21H23F5N6O4S. The Morgan fingerprint density at radius 1 is 1.08 bits per heavy atom. The van der Waals surface area contributed by atoms with Crippen LogP contribution in [0, 0.1) is 5.41 Å². The second-order valence-electron chi connectivity index (χ2n) is 9.14. The van der Waals surface area contributed by atoms with Crippen LogP contribution in [0.25, 0.3) is 16.9 Å². The number of hydrogen-bond donors (Lipinski definition) is 1. The van der Waals surface area contributed by atoms with Gasteiger partial charge in [0, 0.05) is 18.8 Å². The van der Waals surface area contributed by atoms with E-state index in [0.717, 1.165) is 16.6 Å². The Bertz CT molecular complexity index is 1400. The van der Waals surface area contributed by atoms with Crippen molar-refractivity contribution in [2.24, 2.45) is 5.41 Å². The van der Waals surface area contributed by atoms with Gasteiger partial charge >= 0.3 is 12.1 Å². The largest absolute Gasteiger partial charge is 0.470 e. The molecule has 1 amide bonds. The van der Waals surface area contributed by atoms with Crippen LogP contribution in [0.2, 0.25) is 0 Å². The molecule has 3 rings (SSSR count). The highest BCUT2D eigenvalue weighted by Crippen LogP contribution is 2.36. The van der Waals surface area contributed by atoms with E-state index in [9.17, 15) is 35.2 Å². The highest BCUT2D eigenvalue weighted by atomic mass is 32.2. The van der Waals surface area contributed by atoms with Gasteiger partial charge in [-0.1, -0.05) is 27.7 Å². The van der Waals surface area contributed by atoms with E-state index < -0.39 is 45.4 Å². The van der Waals surface area contributed by atoms with E-state index in [1.165, 1.54) is 19.2 Å². The molecule has 0 aliphatic rings. The van der Waals surface area contributed by atoms with Crippen LogP contribution in [-0.4, -0.2) is 70.1 Å². The fraction of sp³-hybridized carbons (Fsp3) is 0.476. The number of halogens is 5. The van der Waals surface area contributed by atoms with Crippen molar-refractivity contribution in [1.82, 2.24) is 30.1 Å². The first kappa shape index (κ1) is 28.1. The topological polar surface area (TPSA) is 128 Å². The minimum absolute atomic E-state index is 0.0182. The number of nitrogens with zero attached hydrogens (tertiary/aromatic N) is 5. The molecule has 10 nitrogen and oxygen atoms in total. The average molecular weight is 551 g/mol. The lowest BCUT2D eigenvalue weighted by atomic mass is 9.97. The quantitative estimate of drug-likeness (QED) is 0.423. The van der Waals surface area contributed by atoms with Crippen molar-refractivity contribution in [2.75, 3.05) is 18.9 Å². The van der Waals surface area contributed by atoms with Crippen molar-refractivity contribution in [2.45, 2.75) is 44.8 Å². The van der Waals surface area contributed by atoms with Gasteiger partial charge in [-0.05, 0) is 17.5 Å². The summed E-state index contributed by atoms with van der Waals surface area (Å²) < 4.78 is 94.4. The Kier molecular flexibility index (Phi) is 7.45. The summed E-state index contributed by atoms with van der Waals surface area (Å²) in [6, 6.07) is 3.39. The molecule has 0 saturated carbocycles. The Morgan fingerprint density at radius 3 is 2.30 bits per heavy atom. The maximum Gasteiger partial charge on any atom is 0.456 e. The Labute approximate surface area is 208 Å². The Balaban J connectivity index is 2.05. The highest BCUT2D eigenvalue weighted by molar-refractivity contribution is 7.91. The van der Waals surface area contributed by atoms with Gasteiger partial charge in [-0.3, -0.25) is 4.79 Å². The van der Waals surface area contributed by atoms with Crippen molar-refractivity contribution >= 4 is 21.4 Å². The van der Waals surface area contributed by atoms with Gasteiger partial charge < -0.3 is 10.1 Å². The van der Waals surface area contributed by atoms with Crippen LogP contribution in [0.4, 0.5) is 22.0 Å². The summed E-state index contributed by atoms with van der Waals surface area (Å²) in [5.41, 5.74) is -0.599. The molecule has 0 aromatic carbocycles. The lowest BCUT2D eigenvalue weighted by molar-refractivity contribution is -0.290. The second kappa shape index (κ2) is 9.79. The molecule has 0 spiro atoms. The monoisotopic (exact) mass is 550 g/mol. The number of rotatable bonds is 8. The number of aromatic nitrogens is 5. The number of ether oxygens (including phenoxy) is 1. The maximum atomic E-state index is 13.1. The van der Waals surface area contributed by atoms with E-state index in [1.54, 1.807) is 0 Å². The van der Waals surface area contributed by atoms with Crippen LogP contribution < -0.4 is 10.1 Å². The predicted molar refractivity (Wildman–Crippen MR) is 120 cm³/mol. The van der Waals surface area contributed by atoms with Crippen LogP contribution in [0.15, 0.2) is 29.4 Å². The third-order valence-corrected chi connectivity index (χ3v) is 6.52. The van der Waals surface area contributed by atoms with E-state index in [4.69, 9.17) is 0 Å². The highest BCUT2D eigenvalue weighted by Gasteiger charge is 2.58. The molecule has 0 saturated heterocycles. The molecule has 3 heterocycles. The van der Waals surface area contributed by atoms with Gasteiger partial charge in [0.1, 0.15) is 11.4 Å². The zero-order valence-electron chi connectivity index (χ0n) is 20.1. The number of hydrogen-bond acceptors (Lipinski definition) is 8. The first-order valence-electron chi connectivity index (χ1n) is 10.8. The number of alkyl halides is 5. The van der Waals surface area contributed by atoms with E-state index in [2.05, 4.69) is 30.3 Å². The first-order chi connectivity index (χ1) is 17.0. The molecule has 0 atom stereocenters. The summed E-state index contributed by atoms with van der Waals surface area (Å²) >= 11 is 0. The number of sulfone groups is 1. The third-order valence-electron chi connectivity index (χ3n) is 4.89. The Hall–Kier alpha value is -3.43. The normalized spacial score (nSPS) is 13.1. The SMILES string of the molecule is CCS(=O)(=O)c1nn2c(C(=O)NCC(C)(C)C)ccnc2c1-c1ccc(OCC(F)(F)C(F)(F)F)nn1. The van der Waals surface area contributed by atoms with Crippen LogP contribution in [0.1, 0.15) is 38.2 Å². The fourth-order valence-electron chi connectivity index (χ4n) is 2.89. The second-order valence-corrected chi connectivity index (χ2v) is 11.3. The van der Waals surface area contributed by atoms with Crippen molar-refractivity contribution in [3.63, 3.8) is 0 Å². The smallest absolute Gasteiger partial charge is 0.456 e. The van der Waals surface area contributed by atoms with E-state index in [-0.39, 0.29) is 33.8 Å². The molecule has 0 fully saturated rings. The number of amides is 1. The molecule has 1 N–H and O–H groups in total. The zero-order chi connectivity index (χ0) is 27.8. The summed E-state index contributed by atoms with van der Waals surface area (Å²) in [6.07, 6.45) is -4.55. The van der Waals surface area contributed by atoms with Gasteiger partial charge in [-0.25, -0.2) is 17.9 Å². The molecular weight excluding hydrogens is 527 g/mol. The van der Waals surface area contributed by atoms with Crippen LogP contribution in [0.3, 0.4) is 0 Å². The molecule has 0 aliphatic carbocycles. The number of carbonyl (C=O) groups is 1. The van der Waals surface area contributed by atoms with Crippen LogP contribution in [0.5, 0.6) is 5.88 Å². The minimum atomic E-state index is -5.82. The van der Waals surface area contributed by atoms with Crippen LogP contribution >= 0.6 is 0 Å². The zero-order valence-corrected chi connectivity index (χ0v) is 20.9. The molecule has 3 aromatic rings. The third kappa shape index (κ3) is 6.11. The summed E-state index contributed by atoms with van der Waals surface area (Å²) in [5, 5.41) is 13.6. The molecule has 0 unspecified atom stereocenters. The van der Waals surface area contributed by atoms with Crippen molar-refractivity contribution in [3.8, 4) is 17.1 Å².